The van der Waals surface area contributed by atoms with Crippen LogP contribution >= 0.6 is 0 Å². The molecular formula is C20H18N4O4. The summed E-state index contributed by atoms with van der Waals surface area (Å²) in [5, 5.41) is 7.13. The summed E-state index contributed by atoms with van der Waals surface area (Å²) >= 11 is 0. The van der Waals surface area contributed by atoms with E-state index in [-0.39, 0.29) is 12.2 Å². The van der Waals surface area contributed by atoms with Crippen molar-refractivity contribution in [3.8, 4) is 28.4 Å². The van der Waals surface area contributed by atoms with Crippen LogP contribution in [-0.4, -0.2) is 34.4 Å². The maximum absolute atomic E-state index is 12.7. The molecule has 0 aliphatic heterocycles. The molecule has 2 aromatic carbocycles. The van der Waals surface area contributed by atoms with Gasteiger partial charge in [0, 0.05) is 17.8 Å². The Bertz CT molecular complexity index is 1170. The lowest BCUT2D eigenvalue weighted by molar-refractivity contribution is 0.293. The zero-order chi connectivity index (χ0) is 19.5. The SMILES string of the molecule is COc1cccc(OCc2nc3c(OC)cc(-c4cn[nH]c4)cc3c(=O)[nH]2)c1. The summed E-state index contributed by atoms with van der Waals surface area (Å²) in [6.45, 7) is 0.102. The number of hydrogen-bond acceptors (Lipinski definition) is 6. The molecule has 28 heavy (non-hydrogen) atoms. The highest BCUT2D eigenvalue weighted by Crippen LogP contribution is 2.29. The number of nitrogens with one attached hydrogen (secondary N) is 2. The van der Waals surface area contributed by atoms with E-state index in [1.807, 2.05) is 18.2 Å². The second kappa shape index (κ2) is 7.43. The Morgan fingerprint density at radius 3 is 2.64 bits per heavy atom. The van der Waals surface area contributed by atoms with Crippen LogP contribution in [0.4, 0.5) is 0 Å². The van der Waals surface area contributed by atoms with Crippen LogP contribution in [0.2, 0.25) is 0 Å². The smallest absolute Gasteiger partial charge is 0.259 e. The van der Waals surface area contributed by atoms with Crippen LogP contribution in [0.3, 0.4) is 0 Å². The number of hydrogen-bond donors (Lipinski definition) is 2. The minimum absolute atomic E-state index is 0.102. The molecule has 0 saturated carbocycles. The number of methoxy groups -OCH3 is 2. The first-order chi connectivity index (χ1) is 13.7. The summed E-state index contributed by atoms with van der Waals surface area (Å²) in [4.78, 5) is 19.9. The van der Waals surface area contributed by atoms with Crippen molar-refractivity contribution in [1.82, 2.24) is 20.2 Å². The predicted molar refractivity (Wildman–Crippen MR) is 104 cm³/mol. The summed E-state index contributed by atoms with van der Waals surface area (Å²) in [5.41, 5.74) is 1.87. The molecular weight excluding hydrogens is 360 g/mol. The van der Waals surface area contributed by atoms with Crippen molar-refractivity contribution in [3.05, 3.63) is 65.0 Å². The summed E-state index contributed by atoms with van der Waals surface area (Å²) in [5.74, 6) is 2.20. The fourth-order valence-electron chi connectivity index (χ4n) is 2.90. The molecule has 0 fully saturated rings. The van der Waals surface area contributed by atoms with Crippen molar-refractivity contribution in [2.75, 3.05) is 14.2 Å². The van der Waals surface area contributed by atoms with Gasteiger partial charge in [0.2, 0.25) is 0 Å². The normalized spacial score (nSPS) is 10.8. The largest absolute Gasteiger partial charge is 0.497 e. The molecule has 4 rings (SSSR count). The molecule has 0 bridgehead atoms. The van der Waals surface area contributed by atoms with E-state index in [9.17, 15) is 4.79 Å². The number of H-pyrrole nitrogens is 2. The molecule has 4 aromatic rings. The molecule has 0 saturated heterocycles. The number of fused-ring (bicyclic) bond motifs is 1. The van der Waals surface area contributed by atoms with Gasteiger partial charge in [-0.1, -0.05) is 6.07 Å². The minimum atomic E-state index is -0.266. The molecule has 142 valence electrons. The van der Waals surface area contributed by atoms with Gasteiger partial charge in [-0.15, -0.1) is 0 Å². The lowest BCUT2D eigenvalue weighted by Gasteiger charge is -2.10. The van der Waals surface area contributed by atoms with Crippen molar-refractivity contribution in [1.29, 1.82) is 0 Å². The average molecular weight is 378 g/mol. The van der Waals surface area contributed by atoms with E-state index in [2.05, 4.69) is 20.2 Å². The van der Waals surface area contributed by atoms with Gasteiger partial charge in [0.1, 0.15) is 35.2 Å². The Hall–Kier alpha value is -3.81. The first-order valence-corrected chi connectivity index (χ1v) is 8.55. The zero-order valence-electron chi connectivity index (χ0n) is 15.4. The number of rotatable bonds is 6. The van der Waals surface area contributed by atoms with E-state index >= 15 is 0 Å². The van der Waals surface area contributed by atoms with Gasteiger partial charge in [0.05, 0.1) is 25.8 Å². The van der Waals surface area contributed by atoms with Crippen molar-refractivity contribution in [2.45, 2.75) is 6.61 Å². The predicted octanol–water partition coefficient (Wildman–Crippen LogP) is 2.91. The molecule has 0 radical (unpaired) electrons. The van der Waals surface area contributed by atoms with E-state index in [1.54, 1.807) is 44.8 Å². The van der Waals surface area contributed by atoms with Gasteiger partial charge in [0.15, 0.2) is 0 Å². The number of benzene rings is 2. The number of nitrogens with zero attached hydrogens (tertiary/aromatic N) is 2. The van der Waals surface area contributed by atoms with Crippen LogP contribution in [0.1, 0.15) is 5.82 Å². The average Bonchev–Trinajstić information content (AvgIpc) is 3.27. The van der Waals surface area contributed by atoms with E-state index in [1.165, 1.54) is 0 Å². The lowest BCUT2D eigenvalue weighted by atomic mass is 10.1. The van der Waals surface area contributed by atoms with Gasteiger partial charge >= 0.3 is 0 Å². The molecule has 2 N–H and O–H groups in total. The summed E-state index contributed by atoms with van der Waals surface area (Å²) in [6.07, 6.45) is 3.43. The first kappa shape index (κ1) is 17.6. The van der Waals surface area contributed by atoms with Crippen LogP contribution in [0.5, 0.6) is 17.2 Å². The monoisotopic (exact) mass is 378 g/mol. The maximum atomic E-state index is 12.7. The van der Waals surface area contributed by atoms with Gasteiger partial charge < -0.3 is 19.2 Å². The molecule has 8 heteroatoms. The topological polar surface area (TPSA) is 102 Å². The molecule has 0 unspecified atom stereocenters. The maximum Gasteiger partial charge on any atom is 0.259 e. The number of aromatic amines is 2. The van der Waals surface area contributed by atoms with Crippen molar-refractivity contribution >= 4 is 10.9 Å². The molecule has 2 aromatic heterocycles. The van der Waals surface area contributed by atoms with Gasteiger partial charge in [-0.2, -0.15) is 5.10 Å². The van der Waals surface area contributed by atoms with Crippen LogP contribution in [0, 0.1) is 0 Å². The van der Waals surface area contributed by atoms with E-state index in [0.717, 1.165) is 11.1 Å². The standard InChI is InChI=1S/C20H18N4O4/c1-26-14-4-3-5-15(8-14)28-11-18-23-19-16(20(25)24-18)6-12(7-17(19)27-2)13-9-21-22-10-13/h3-10H,11H2,1-2H3,(H,21,22)(H,23,24,25). The van der Waals surface area contributed by atoms with Gasteiger partial charge in [0.25, 0.3) is 5.56 Å². The second-order valence-corrected chi connectivity index (χ2v) is 6.04. The fraction of sp³-hybridized carbons (Fsp3) is 0.150. The fourth-order valence-corrected chi connectivity index (χ4v) is 2.90. The van der Waals surface area contributed by atoms with E-state index in [4.69, 9.17) is 14.2 Å². The van der Waals surface area contributed by atoms with E-state index in [0.29, 0.717) is 34.0 Å². The Morgan fingerprint density at radius 2 is 1.89 bits per heavy atom. The van der Waals surface area contributed by atoms with Gasteiger partial charge in [-0.25, -0.2) is 4.98 Å². The van der Waals surface area contributed by atoms with Crippen LogP contribution in [0.25, 0.3) is 22.0 Å². The van der Waals surface area contributed by atoms with E-state index < -0.39 is 0 Å². The highest BCUT2D eigenvalue weighted by Gasteiger charge is 2.13. The Morgan fingerprint density at radius 1 is 1.04 bits per heavy atom. The number of aromatic nitrogens is 4. The molecule has 0 atom stereocenters. The summed E-state index contributed by atoms with van der Waals surface area (Å²) in [7, 11) is 3.13. The Labute approximate surface area is 160 Å². The third kappa shape index (κ3) is 3.39. The van der Waals surface area contributed by atoms with Gasteiger partial charge in [-0.05, 0) is 29.8 Å². The molecule has 0 amide bonds. The Balaban J connectivity index is 1.69. The second-order valence-electron chi connectivity index (χ2n) is 6.04. The summed E-state index contributed by atoms with van der Waals surface area (Å²) in [6, 6.07) is 10.8. The van der Waals surface area contributed by atoms with Crippen molar-refractivity contribution < 1.29 is 14.2 Å². The molecule has 8 nitrogen and oxygen atoms in total. The third-order valence-corrected chi connectivity index (χ3v) is 4.29. The van der Waals surface area contributed by atoms with Crippen LogP contribution in [0.15, 0.2) is 53.6 Å². The minimum Gasteiger partial charge on any atom is -0.497 e. The molecule has 2 heterocycles. The lowest BCUT2D eigenvalue weighted by Crippen LogP contribution is -2.14. The van der Waals surface area contributed by atoms with Gasteiger partial charge in [-0.3, -0.25) is 9.89 Å². The molecule has 0 spiro atoms. The van der Waals surface area contributed by atoms with Crippen LogP contribution < -0.4 is 19.8 Å². The number of ether oxygens (including phenoxy) is 3. The quantitative estimate of drug-likeness (QED) is 0.535. The third-order valence-electron chi connectivity index (χ3n) is 4.29. The highest BCUT2D eigenvalue weighted by molar-refractivity contribution is 5.89. The Kier molecular flexibility index (Phi) is 4.67. The van der Waals surface area contributed by atoms with Crippen LogP contribution in [-0.2, 0) is 6.61 Å². The van der Waals surface area contributed by atoms with Crippen molar-refractivity contribution in [3.63, 3.8) is 0 Å². The zero-order valence-corrected chi connectivity index (χ0v) is 15.4. The molecule has 0 aliphatic rings. The summed E-state index contributed by atoms with van der Waals surface area (Å²) < 4.78 is 16.4. The molecule has 0 aliphatic carbocycles. The van der Waals surface area contributed by atoms with Crippen molar-refractivity contribution in [2.24, 2.45) is 0 Å². The highest BCUT2D eigenvalue weighted by atomic mass is 16.5. The first-order valence-electron chi connectivity index (χ1n) is 8.55.